The maximum atomic E-state index is 15.6. The van der Waals surface area contributed by atoms with Crippen LogP contribution in [0.1, 0.15) is 12.6 Å². The van der Waals surface area contributed by atoms with Gasteiger partial charge in [0.25, 0.3) is 0 Å². The van der Waals surface area contributed by atoms with E-state index in [4.69, 9.17) is 10.5 Å². The van der Waals surface area contributed by atoms with Crippen molar-refractivity contribution in [1.82, 2.24) is 24.5 Å². The second-order valence-corrected chi connectivity index (χ2v) is 8.76. The van der Waals surface area contributed by atoms with Crippen LogP contribution in [-0.2, 0) is 11.8 Å². The molecule has 2 aromatic carbocycles. The summed E-state index contributed by atoms with van der Waals surface area (Å²) in [4.78, 5) is 26.3. The quantitative estimate of drug-likeness (QED) is 0.213. The number of aldehydes is 1. The van der Waals surface area contributed by atoms with E-state index < -0.39 is 5.82 Å². The number of aromatic nitrogens is 5. The minimum absolute atomic E-state index is 0.153. The number of nitrogens with zero attached hydrogens (tertiary/aromatic N) is 5. The number of hydrogen-bond donors (Lipinski definition) is 2. The molecule has 0 spiro atoms. The Balaban J connectivity index is 0.000000648. The maximum Gasteiger partial charge on any atom is 0.322 e. The van der Waals surface area contributed by atoms with Gasteiger partial charge in [0.1, 0.15) is 35.6 Å². The number of aryl methyl sites for hydroxylation is 2. The third kappa shape index (κ3) is 5.74. The standard InChI is InChI=1S/C25H22FN7O.C4H6O/c1-14-10-11-29-25(32-14)34-17-8-9-18(19(26)12-17)20-21-23(27)30-13-31-24(21)33(3)22(20)15-4-6-16(28-2)7-5-15;1-4(2)3-5/h4-13,28H,1-3H3,(H2,27,30,31);3H,1H2,2H3. The van der Waals surface area contributed by atoms with Gasteiger partial charge in [-0.05, 0) is 55.3 Å². The molecular formula is C29H28FN7O2. The van der Waals surface area contributed by atoms with Crippen LogP contribution in [0, 0.1) is 12.7 Å². The Labute approximate surface area is 225 Å². The number of rotatable bonds is 6. The highest BCUT2D eigenvalue weighted by Crippen LogP contribution is 2.43. The molecule has 0 aliphatic heterocycles. The number of hydrogen-bond acceptors (Lipinski definition) is 8. The van der Waals surface area contributed by atoms with Crippen molar-refractivity contribution in [2.24, 2.45) is 7.05 Å². The highest BCUT2D eigenvalue weighted by Gasteiger charge is 2.24. The first-order chi connectivity index (χ1) is 18.7. The summed E-state index contributed by atoms with van der Waals surface area (Å²) in [6, 6.07) is 14.4. The van der Waals surface area contributed by atoms with E-state index in [0.29, 0.717) is 27.7 Å². The molecule has 0 atom stereocenters. The van der Waals surface area contributed by atoms with Crippen molar-refractivity contribution >= 4 is 28.8 Å². The van der Waals surface area contributed by atoms with Crippen molar-refractivity contribution in [1.29, 1.82) is 0 Å². The lowest BCUT2D eigenvalue weighted by atomic mass is 9.98. The molecule has 0 unspecified atom stereocenters. The molecule has 0 saturated carbocycles. The van der Waals surface area contributed by atoms with Gasteiger partial charge in [0.15, 0.2) is 0 Å². The predicted molar refractivity (Wildman–Crippen MR) is 151 cm³/mol. The Hall–Kier alpha value is -5.12. The van der Waals surface area contributed by atoms with Crippen LogP contribution in [0.2, 0.25) is 0 Å². The fourth-order valence-corrected chi connectivity index (χ4v) is 4.01. The van der Waals surface area contributed by atoms with Gasteiger partial charge in [-0.1, -0.05) is 18.7 Å². The van der Waals surface area contributed by atoms with Crippen molar-refractivity contribution in [3.63, 3.8) is 0 Å². The van der Waals surface area contributed by atoms with Gasteiger partial charge in [-0.15, -0.1) is 0 Å². The summed E-state index contributed by atoms with van der Waals surface area (Å²) in [5.41, 5.74) is 11.8. The van der Waals surface area contributed by atoms with Crippen LogP contribution in [0.5, 0.6) is 11.8 Å². The average Bonchev–Trinajstić information content (AvgIpc) is 3.22. The van der Waals surface area contributed by atoms with E-state index >= 15 is 4.39 Å². The number of halogens is 1. The fraction of sp³-hybridized carbons (Fsp3) is 0.138. The summed E-state index contributed by atoms with van der Waals surface area (Å²) in [5.74, 6) is 0.0896. The van der Waals surface area contributed by atoms with E-state index in [-0.39, 0.29) is 17.6 Å². The molecule has 3 N–H and O–H groups in total. The van der Waals surface area contributed by atoms with E-state index in [1.54, 1.807) is 31.3 Å². The Morgan fingerprint density at radius 2 is 1.85 bits per heavy atom. The number of nitrogens with two attached hydrogens (primary N) is 1. The minimum Gasteiger partial charge on any atom is -0.424 e. The van der Waals surface area contributed by atoms with Crippen molar-refractivity contribution in [3.05, 3.63) is 84.7 Å². The second kappa shape index (κ2) is 11.5. The molecule has 9 nitrogen and oxygen atoms in total. The van der Waals surface area contributed by atoms with E-state index in [0.717, 1.165) is 28.9 Å². The van der Waals surface area contributed by atoms with E-state index in [9.17, 15) is 4.79 Å². The number of anilines is 2. The smallest absolute Gasteiger partial charge is 0.322 e. The molecule has 0 bridgehead atoms. The largest absolute Gasteiger partial charge is 0.424 e. The predicted octanol–water partition coefficient (Wildman–Crippen LogP) is 5.72. The number of allylic oxidation sites excluding steroid dienone is 1. The van der Waals surface area contributed by atoms with Gasteiger partial charge in [0, 0.05) is 48.9 Å². The zero-order chi connectivity index (χ0) is 28.1. The monoisotopic (exact) mass is 525 g/mol. The first-order valence-electron chi connectivity index (χ1n) is 12.0. The second-order valence-electron chi connectivity index (χ2n) is 8.76. The molecular weight excluding hydrogens is 497 g/mol. The third-order valence-corrected chi connectivity index (χ3v) is 5.84. The lowest BCUT2D eigenvalue weighted by molar-refractivity contribution is -0.104. The first-order valence-corrected chi connectivity index (χ1v) is 12.0. The van der Waals surface area contributed by atoms with Gasteiger partial charge in [-0.3, -0.25) is 4.79 Å². The highest BCUT2D eigenvalue weighted by molar-refractivity contribution is 6.07. The molecule has 0 aliphatic carbocycles. The number of benzene rings is 2. The van der Waals surface area contributed by atoms with E-state index in [1.807, 2.05) is 49.9 Å². The summed E-state index contributed by atoms with van der Waals surface area (Å²) >= 11 is 0. The summed E-state index contributed by atoms with van der Waals surface area (Å²) in [6.45, 7) is 6.79. The van der Waals surface area contributed by atoms with E-state index in [2.05, 4.69) is 31.8 Å². The minimum atomic E-state index is -0.478. The lowest BCUT2D eigenvalue weighted by Crippen LogP contribution is -1.96. The van der Waals surface area contributed by atoms with Crippen molar-refractivity contribution in [2.75, 3.05) is 18.1 Å². The zero-order valence-corrected chi connectivity index (χ0v) is 22.1. The van der Waals surface area contributed by atoms with Gasteiger partial charge >= 0.3 is 6.01 Å². The normalized spacial score (nSPS) is 10.5. The van der Waals surface area contributed by atoms with E-state index in [1.165, 1.54) is 12.4 Å². The molecule has 0 radical (unpaired) electrons. The number of carbonyl (C=O) groups is 1. The summed E-state index contributed by atoms with van der Waals surface area (Å²) in [5, 5.41) is 3.70. The van der Waals surface area contributed by atoms with Gasteiger partial charge in [-0.25, -0.2) is 24.3 Å². The Bertz CT molecular complexity index is 1660. The number of ether oxygens (including phenoxy) is 1. The summed E-state index contributed by atoms with van der Waals surface area (Å²) in [6.07, 6.45) is 3.72. The van der Waals surface area contributed by atoms with Crippen LogP contribution in [0.4, 0.5) is 15.9 Å². The molecule has 0 aliphatic rings. The topological polar surface area (TPSA) is 121 Å². The molecule has 5 aromatic rings. The van der Waals surface area contributed by atoms with Gasteiger partial charge in [-0.2, -0.15) is 0 Å². The van der Waals surface area contributed by atoms with Gasteiger partial charge in [0.2, 0.25) is 0 Å². The van der Waals surface area contributed by atoms with Gasteiger partial charge in [0.05, 0.1) is 11.1 Å². The Morgan fingerprint density at radius 3 is 2.46 bits per heavy atom. The Morgan fingerprint density at radius 1 is 1.13 bits per heavy atom. The van der Waals surface area contributed by atoms with Crippen LogP contribution in [0.15, 0.2) is 73.2 Å². The molecule has 39 heavy (non-hydrogen) atoms. The molecule has 0 amide bonds. The van der Waals surface area contributed by atoms with Crippen LogP contribution < -0.4 is 15.8 Å². The molecule has 0 saturated heterocycles. The maximum absolute atomic E-state index is 15.6. The molecule has 3 aromatic heterocycles. The fourth-order valence-electron chi connectivity index (χ4n) is 4.01. The molecule has 3 heterocycles. The molecule has 5 rings (SSSR count). The summed E-state index contributed by atoms with van der Waals surface area (Å²) < 4.78 is 23.1. The lowest BCUT2D eigenvalue weighted by Gasteiger charge is -2.12. The van der Waals surface area contributed by atoms with Gasteiger partial charge < -0.3 is 20.4 Å². The third-order valence-electron chi connectivity index (χ3n) is 5.84. The highest BCUT2D eigenvalue weighted by atomic mass is 19.1. The molecule has 0 fully saturated rings. The number of carbonyl (C=O) groups excluding carboxylic acids is 1. The first kappa shape index (κ1) is 26.9. The van der Waals surface area contributed by atoms with Crippen molar-refractivity contribution in [3.8, 4) is 34.1 Å². The number of fused-ring (bicyclic) bond motifs is 1. The average molecular weight is 526 g/mol. The molecule has 198 valence electrons. The van der Waals surface area contributed by atoms with Crippen LogP contribution in [0.25, 0.3) is 33.4 Å². The summed E-state index contributed by atoms with van der Waals surface area (Å²) in [7, 11) is 3.73. The van der Waals surface area contributed by atoms with Crippen molar-refractivity contribution in [2.45, 2.75) is 13.8 Å². The SMILES string of the molecule is C=C(C)C=O.CNc1ccc(-c2c(-c3ccc(Oc4nccc(C)n4)cc3F)c3c(N)ncnc3n2C)cc1. The molecule has 10 heteroatoms. The van der Waals surface area contributed by atoms with Crippen LogP contribution in [-0.4, -0.2) is 37.8 Å². The Kier molecular flexibility index (Phi) is 7.95. The van der Waals surface area contributed by atoms with Crippen LogP contribution in [0.3, 0.4) is 0 Å². The number of nitrogens with one attached hydrogen (secondary N) is 1. The zero-order valence-electron chi connectivity index (χ0n) is 22.1. The van der Waals surface area contributed by atoms with Crippen molar-refractivity contribution < 1.29 is 13.9 Å². The number of nitrogen functional groups attached to an aromatic ring is 1. The van der Waals surface area contributed by atoms with Crippen LogP contribution >= 0.6 is 0 Å².